The van der Waals surface area contributed by atoms with E-state index in [2.05, 4.69) is 67.1 Å². The molecule has 0 saturated heterocycles. The van der Waals surface area contributed by atoms with Crippen molar-refractivity contribution in [3.63, 3.8) is 0 Å². The molecule has 0 saturated carbocycles. The third kappa shape index (κ3) is 10.0. The topological polar surface area (TPSA) is 258 Å². The molecule has 0 spiro atoms. The van der Waals surface area contributed by atoms with Crippen LogP contribution in [0.15, 0.2) is 94.1 Å². The maximum atomic E-state index is 14.7. The Hall–Kier alpha value is -7.63. The molecule has 9 aromatic rings. The summed E-state index contributed by atoms with van der Waals surface area (Å²) in [6, 6.07) is 19.8. The van der Waals surface area contributed by atoms with Crippen molar-refractivity contribution in [1.29, 1.82) is 0 Å². The molecular weight excluding hydrogens is 1040 g/mol. The van der Waals surface area contributed by atoms with Crippen LogP contribution in [0.25, 0.3) is 50.7 Å². The highest BCUT2D eigenvalue weighted by Gasteiger charge is 2.24. The van der Waals surface area contributed by atoms with Crippen LogP contribution >= 0.6 is 43.5 Å². The minimum absolute atomic E-state index is 0.0118. The molecule has 0 radical (unpaired) electrons. The summed E-state index contributed by atoms with van der Waals surface area (Å²) in [5.41, 5.74) is 4.09. The lowest BCUT2D eigenvalue weighted by molar-refractivity contribution is -0.385. The van der Waals surface area contributed by atoms with Crippen molar-refractivity contribution in [3.8, 4) is 33.8 Å². The third-order valence-electron chi connectivity index (χ3n) is 10.0. The van der Waals surface area contributed by atoms with Crippen LogP contribution in [0.1, 0.15) is 69.3 Å². The van der Waals surface area contributed by atoms with E-state index in [1.54, 1.807) is 46.4 Å². The lowest BCUT2D eigenvalue weighted by Crippen LogP contribution is -2.07. The van der Waals surface area contributed by atoms with Gasteiger partial charge in [-0.15, -0.1) is 0 Å². The summed E-state index contributed by atoms with van der Waals surface area (Å²) >= 11 is 12.9. The summed E-state index contributed by atoms with van der Waals surface area (Å²) in [5, 5.41) is 51.5. The zero-order valence-corrected chi connectivity index (χ0v) is 39.3. The Morgan fingerprint density at radius 2 is 1.21 bits per heavy atom. The standard InChI is InChI=1S/C15H11BrClN3O2.C15H10F2N4O4.C14H11BrN4O2/c1-2-9-6-13(15(21)22)18-14-7-12(19-20(9)14)10-4-3-8(16)5-11(10)17;1-2-7-6-11(15(22)23)18-14-12(17)13(19-20(7)14)9-4-3-8(21(24)25)5-10(9)16;1-2-9-5-11(14(20)21)17-13-6-10(18-19(9)13)8-3-4-12(15)16-7-8/h3-7H,2H2,1H3,(H,21,22);3-6H,2H2,1H3,(H,22,23);3-7H,2H2,1H3,(H,20,21). The minimum Gasteiger partial charge on any atom is -0.477 e. The number of halogens is 5. The number of pyridine rings is 1. The van der Waals surface area contributed by atoms with Gasteiger partial charge >= 0.3 is 17.9 Å². The van der Waals surface area contributed by atoms with Gasteiger partial charge in [-0.2, -0.15) is 15.3 Å². The molecule has 0 fully saturated rings. The highest BCUT2D eigenvalue weighted by atomic mass is 79.9. The molecule has 0 atom stereocenters. The summed E-state index contributed by atoms with van der Waals surface area (Å²) in [6.07, 6.45) is 3.35. The molecule has 0 aliphatic rings. The number of hydrogen-bond donors (Lipinski definition) is 3. The highest BCUT2D eigenvalue weighted by Crippen LogP contribution is 2.32. The van der Waals surface area contributed by atoms with E-state index in [1.165, 1.54) is 12.1 Å². The molecular formula is C44H32Br2ClF2N11O8. The van der Waals surface area contributed by atoms with Crippen LogP contribution in [0.2, 0.25) is 5.02 Å². The van der Waals surface area contributed by atoms with Gasteiger partial charge in [-0.3, -0.25) is 10.1 Å². The first kappa shape index (κ1) is 48.3. The number of benzene rings is 2. The number of carboxylic acid groups (broad SMARTS) is 3. The van der Waals surface area contributed by atoms with E-state index in [1.807, 2.05) is 38.1 Å². The number of carboxylic acids is 3. The van der Waals surface area contributed by atoms with Gasteiger partial charge in [0.1, 0.15) is 16.1 Å². The van der Waals surface area contributed by atoms with E-state index in [9.17, 15) is 33.3 Å². The molecule has 0 bridgehead atoms. The molecule has 0 aliphatic carbocycles. The van der Waals surface area contributed by atoms with Crippen LogP contribution in [0.4, 0.5) is 14.5 Å². The highest BCUT2D eigenvalue weighted by molar-refractivity contribution is 9.10. The molecule has 0 aliphatic heterocycles. The van der Waals surface area contributed by atoms with E-state index >= 15 is 0 Å². The normalized spacial score (nSPS) is 11.0. The second-order valence-electron chi connectivity index (χ2n) is 14.3. The van der Waals surface area contributed by atoms with Gasteiger partial charge in [0.05, 0.1) is 27.4 Å². The molecule has 9 rings (SSSR count). The first-order valence-electron chi connectivity index (χ1n) is 20.0. The predicted molar refractivity (Wildman–Crippen MR) is 249 cm³/mol. The van der Waals surface area contributed by atoms with Gasteiger partial charge in [-0.1, -0.05) is 54.4 Å². The first-order chi connectivity index (χ1) is 32.4. The Kier molecular flexibility index (Phi) is 14.3. The van der Waals surface area contributed by atoms with Gasteiger partial charge in [-0.25, -0.2) is 56.6 Å². The maximum absolute atomic E-state index is 14.7. The Labute approximate surface area is 403 Å². The Morgan fingerprint density at radius 3 is 1.71 bits per heavy atom. The average molecular weight is 1080 g/mol. The monoisotopic (exact) mass is 1070 g/mol. The molecule has 7 heterocycles. The van der Waals surface area contributed by atoms with Gasteiger partial charge in [-0.05, 0) is 83.7 Å². The second-order valence-corrected chi connectivity index (χ2v) is 16.4. The number of nitrogens with zero attached hydrogens (tertiary/aromatic N) is 11. The largest absolute Gasteiger partial charge is 0.477 e. The number of nitro benzene ring substituents is 1. The van der Waals surface area contributed by atoms with Gasteiger partial charge in [0.2, 0.25) is 0 Å². The van der Waals surface area contributed by atoms with Crippen molar-refractivity contribution in [1.82, 2.24) is 48.8 Å². The SMILES string of the molecule is CCc1cc(C(=O)O)nc2c(F)c(-c3ccc([N+](=O)[O-])cc3F)nn12.CCc1cc(C(=O)O)nc2cc(-c3ccc(Br)cc3Cl)nn12.CCc1cc(C(=O)O)nc2cc(-c3ccc(Br)nc3)nn12. The fraction of sp³-hybridized carbons (Fsp3) is 0.136. The Morgan fingerprint density at radius 1 is 0.676 bits per heavy atom. The van der Waals surface area contributed by atoms with Crippen LogP contribution in [-0.2, 0) is 19.3 Å². The van der Waals surface area contributed by atoms with Crippen LogP contribution in [0.3, 0.4) is 0 Å². The molecule has 2 aromatic carbocycles. The fourth-order valence-electron chi connectivity index (χ4n) is 6.69. The van der Waals surface area contributed by atoms with E-state index in [-0.39, 0.29) is 28.3 Å². The molecule has 68 heavy (non-hydrogen) atoms. The Balaban J connectivity index is 0.000000152. The number of rotatable bonds is 10. The molecule has 24 heteroatoms. The van der Waals surface area contributed by atoms with Gasteiger partial charge in [0, 0.05) is 62.6 Å². The van der Waals surface area contributed by atoms with Crippen LogP contribution in [0.5, 0.6) is 0 Å². The first-order valence-corrected chi connectivity index (χ1v) is 22.0. The third-order valence-corrected chi connectivity index (χ3v) is 11.3. The number of aromatic carboxylic acids is 3. The number of aromatic nitrogens is 10. The quantitative estimate of drug-likeness (QED) is 0.0654. The number of fused-ring (bicyclic) bond motifs is 3. The zero-order chi connectivity index (χ0) is 49.1. The molecule has 0 amide bonds. The van der Waals surface area contributed by atoms with Crippen molar-refractivity contribution in [3.05, 3.63) is 155 Å². The predicted octanol–water partition coefficient (Wildman–Crippen LogP) is 9.73. The summed E-state index contributed by atoms with van der Waals surface area (Å²) in [5.74, 6) is -5.46. The summed E-state index contributed by atoms with van der Waals surface area (Å²) in [6.45, 7) is 5.60. The van der Waals surface area contributed by atoms with Crippen molar-refractivity contribution in [2.75, 3.05) is 0 Å². The molecule has 0 unspecified atom stereocenters. The van der Waals surface area contributed by atoms with Crippen molar-refractivity contribution in [2.24, 2.45) is 0 Å². The van der Waals surface area contributed by atoms with Gasteiger partial charge in [0.15, 0.2) is 39.8 Å². The van der Waals surface area contributed by atoms with Gasteiger partial charge in [0.25, 0.3) is 5.69 Å². The smallest absolute Gasteiger partial charge is 0.354 e. The molecule has 19 nitrogen and oxygen atoms in total. The molecule has 346 valence electrons. The van der Waals surface area contributed by atoms with Crippen LogP contribution in [-0.4, -0.2) is 86.9 Å². The number of aryl methyl sites for hydroxylation is 3. The second kappa shape index (κ2) is 20.1. The number of nitro groups is 1. The Bertz CT molecular complexity index is 3480. The van der Waals surface area contributed by atoms with Crippen molar-refractivity contribution in [2.45, 2.75) is 40.0 Å². The summed E-state index contributed by atoms with van der Waals surface area (Å²) in [4.78, 5) is 59.4. The van der Waals surface area contributed by atoms with Crippen molar-refractivity contribution >= 4 is 84.0 Å². The maximum Gasteiger partial charge on any atom is 0.354 e. The number of carbonyl (C=O) groups is 3. The van der Waals surface area contributed by atoms with E-state index in [0.29, 0.717) is 58.7 Å². The average Bonchev–Trinajstić information content (AvgIpc) is 4.04. The summed E-state index contributed by atoms with van der Waals surface area (Å²) in [7, 11) is 0. The molecule has 3 N–H and O–H groups in total. The fourth-order valence-corrected chi connectivity index (χ4v) is 7.69. The van der Waals surface area contributed by atoms with Gasteiger partial charge < -0.3 is 15.3 Å². The molecule has 7 aromatic heterocycles. The van der Waals surface area contributed by atoms with Crippen molar-refractivity contribution < 1.29 is 43.4 Å². The summed E-state index contributed by atoms with van der Waals surface area (Å²) < 4.78 is 34.9. The number of non-ortho nitro benzene ring substituents is 1. The lowest BCUT2D eigenvalue weighted by Gasteiger charge is -2.03. The minimum atomic E-state index is -1.33. The number of hydrogen-bond acceptors (Lipinski definition) is 12. The van der Waals surface area contributed by atoms with Crippen LogP contribution < -0.4 is 0 Å². The van der Waals surface area contributed by atoms with Crippen LogP contribution in [0, 0.1) is 21.7 Å². The lowest BCUT2D eigenvalue weighted by atomic mass is 10.1. The van der Waals surface area contributed by atoms with E-state index in [0.717, 1.165) is 48.2 Å². The van der Waals surface area contributed by atoms with E-state index in [4.69, 9.17) is 26.9 Å². The van der Waals surface area contributed by atoms with E-state index < -0.39 is 45.8 Å². The zero-order valence-electron chi connectivity index (χ0n) is 35.4.